The van der Waals surface area contributed by atoms with Crippen molar-refractivity contribution >= 4 is 50.6 Å². The van der Waals surface area contributed by atoms with Gasteiger partial charge in [0.25, 0.3) is 0 Å². The number of thiophene rings is 1. The normalized spacial score (nSPS) is 10.4. The lowest BCUT2D eigenvalue weighted by Crippen LogP contribution is -2.20. The molecule has 0 fully saturated rings. The summed E-state index contributed by atoms with van der Waals surface area (Å²) in [6, 6.07) is 14.4. The Morgan fingerprint density at radius 1 is 1.11 bits per heavy atom. The second-order valence-corrected chi connectivity index (χ2v) is 7.59. The van der Waals surface area contributed by atoms with Gasteiger partial charge in [-0.05, 0) is 41.8 Å². The van der Waals surface area contributed by atoms with Crippen LogP contribution < -0.4 is 10.6 Å². The fraction of sp³-hybridized carbons (Fsp3) is 0.100. The smallest absolute Gasteiger partial charge is 0.339 e. The Kier molecular flexibility index (Phi) is 5.93. The predicted molar refractivity (Wildman–Crippen MR) is 113 cm³/mol. The maximum Gasteiger partial charge on any atom is 0.339 e. The van der Waals surface area contributed by atoms with Gasteiger partial charge in [0, 0.05) is 15.5 Å². The Morgan fingerprint density at radius 2 is 1.85 bits per heavy atom. The van der Waals surface area contributed by atoms with Crippen molar-refractivity contribution in [2.24, 2.45) is 0 Å². The van der Waals surface area contributed by atoms with E-state index in [2.05, 4.69) is 26.6 Å². The minimum atomic E-state index is -1.09. The lowest BCUT2D eigenvalue weighted by molar-refractivity contribution is 0.0699. The molecule has 0 atom stereocenters. The molecule has 5 nitrogen and oxygen atoms in total. The first-order valence-electron chi connectivity index (χ1n) is 8.25. The fourth-order valence-electron chi connectivity index (χ4n) is 2.63. The molecule has 0 saturated heterocycles. The van der Waals surface area contributed by atoms with Crippen LogP contribution >= 0.6 is 27.3 Å². The third kappa shape index (κ3) is 4.56. The number of aryl methyl sites for hydroxylation is 1. The molecule has 0 saturated carbocycles. The van der Waals surface area contributed by atoms with Crippen LogP contribution in [0.2, 0.25) is 0 Å². The summed E-state index contributed by atoms with van der Waals surface area (Å²) in [5, 5.41) is 16.7. The fourth-order valence-corrected chi connectivity index (χ4v) is 3.89. The number of carboxylic acids is 1. The molecule has 7 heteroatoms. The highest BCUT2D eigenvalue weighted by atomic mass is 79.9. The largest absolute Gasteiger partial charge is 0.478 e. The van der Waals surface area contributed by atoms with Crippen LogP contribution in [0.25, 0.3) is 10.4 Å². The maximum absolute atomic E-state index is 12.3. The number of hydrogen-bond donors (Lipinski definition) is 3. The van der Waals surface area contributed by atoms with Crippen LogP contribution in [0.15, 0.2) is 58.4 Å². The van der Waals surface area contributed by atoms with Crippen LogP contribution in [-0.4, -0.2) is 17.1 Å². The predicted octanol–water partition coefficient (Wildman–Crippen LogP) is 6.08. The van der Waals surface area contributed by atoms with Crippen molar-refractivity contribution in [2.75, 3.05) is 10.6 Å². The van der Waals surface area contributed by atoms with E-state index >= 15 is 0 Å². The van der Waals surface area contributed by atoms with Crippen molar-refractivity contribution in [1.29, 1.82) is 0 Å². The standard InChI is InChI=1S/C20H17BrN2O3S/c1-2-12-4-3-5-15(10-12)22-20(26)23-16-11-27-18(17(16)19(24)25)13-6-8-14(21)9-7-13/h3-11H,2H2,1H3,(H,24,25)(H2,22,23,26). The van der Waals surface area contributed by atoms with Gasteiger partial charge in [-0.2, -0.15) is 0 Å². The number of urea groups is 1. The number of carbonyl (C=O) groups excluding carboxylic acids is 1. The molecule has 3 aromatic rings. The third-order valence-corrected chi connectivity index (χ3v) is 5.51. The molecular formula is C20H17BrN2O3S. The number of benzene rings is 2. The Balaban J connectivity index is 1.83. The van der Waals surface area contributed by atoms with Gasteiger partial charge in [-0.15, -0.1) is 11.3 Å². The van der Waals surface area contributed by atoms with Gasteiger partial charge in [-0.1, -0.05) is 47.1 Å². The molecule has 1 heterocycles. The number of halogens is 1. The summed E-state index contributed by atoms with van der Waals surface area (Å²) in [6.45, 7) is 2.04. The topological polar surface area (TPSA) is 78.4 Å². The first-order chi connectivity index (χ1) is 13.0. The van der Waals surface area contributed by atoms with Gasteiger partial charge in [-0.3, -0.25) is 0 Å². The monoisotopic (exact) mass is 444 g/mol. The van der Waals surface area contributed by atoms with Crippen molar-refractivity contribution in [3.63, 3.8) is 0 Å². The quantitative estimate of drug-likeness (QED) is 0.445. The van der Waals surface area contributed by atoms with Crippen LogP contribution in [0.3, 0.4) is 0 Å². The van der Waals surface area contributed by atoms with E-state index in [-0.39, 0.29) is 11.3 Å². The first kappa shape index (κ1) is 19.1. The molecule has 2 aromatic carbocycles. The first-order valence-corrected chi connectivity index (χ1v) is 9.93. The number of carbonyl (C=O) groups is 2. The summed E-state index contributed by atoms with van der Waals surface area (Å²) in [4.78, 5) is 24.7. The second kappa shape index (κ2) is 8.37. The van der Waals surface area contributed by atoms with Gasteiger partial charge in [0.1, 0.15) is 5.56 Å². The van der Waals surface area contributed by atoms with Crippen LogP contribution in [0.4, 0.5) is 16.2 Å². The van der Waals surface area contributed by atoms with Crippen molar-refractivity contribution in [1.82, 2.24) is 0 Å². The van der Waals surface area contributed by atoms with Crippen LogP contribution in [0, 0.1) is 0 Å². The molecule has 138 valence electrons. The Bertz CT molecular complexity index is 983. The van der Waals surface area contributed by atoms with Crippen LogP contribution in [0.5, 0.6) is 0 Å². The van der Waals surface area contributed by atoms with Gasteiger partial charge in [0.15, 0.2) is 0 Å². The summed E-state index contributed by atoms with van der Waals surface area (Å²) >= 11 is 4.65. The van der Waals surface area contributed by atoms with Crippen molar-refractivity contribution in [2.45, 2.75) is 13.3 Å². The molecule has 0 spiro atoms. The van der Waals surface area contributed by atoms with Gasteiger partial charge < -0.3 is 15.7 Å². The minimum Gasteiger partial charge on any atom is -0.478 e. The zero-order valence-electron chi connectivity index (χ0n) is 14.5. The van der Waals surface area contributed by atoms with Gasteiger partial charge in [-0.25, -0.2) is 9.59 Å². The SMILES string of the molecule is CCc1cccc(NC(=O)Nc2csc(-c3ccc(Br)cc3)c2C(=O)O)c1. The number of rotatable bonds is 5. The molecule has 1 aromatic heterocycles. The van der Waals surface area contributed by atoms with Crippen molar-refractivity contribution < 1.29 is 14.7 Å². The Hall–Kier alpha value is -2.64. The van der Waals surface area contributed by atoms with E-state index in [4.69, 9.17) is 0 Å². The molecular weight excluding hydrogens is 428 g/mol. The molecule has 27 heavy (non-hydrogen) atoms. The average molecular weight is 445 g/mol. The van der Waals surface area contributed by atoms with E-state index in [1.165, 1.54) is 11.3 Å². The van der Waals surface area contributed by atoms with Crippen molar-refractivity contribution in [3.8, 4) is 10.4 Å². The average Bonchev–Trinajstić information content (AvgIpc) is 3.06. The summed E-state index contributed by atoms with van der Waals surface area (Å²) in [5.41, 5.74) is 2.90. The minimum absolute atomic E-state index is 0.0831. The number of anilines is 2. The second-order valence-electron chi connectivity index (χ2n) is 5.80. The highest BCUT2D eigenvalue weighted by molar-refractivity contribution is 9.10. The van der Waals surface area contributed by atoms with Gasteiger partial charge in [0.05, 0.1) is 10.6 Å². The number of amides is 2. The van der Waals surface area contributed by atoms with E-state index in [9.17, 15) is 14.7 Å². The molecule has 0 unspecified atom stereocenters. The van der Waals surface area contributed by atoms with E-state index in [1.807, 2.05) is 49.4 Å². The number of carboxylic acid groups (broad SMARTS) is 1. The Labute approximate surface area is 169 Å². The third-order valence-electron chi connectivity index (χ3n) is 3.95. The number of hydrogen-bond acceptors (Lipinski definition) is 3. The Morgan fingerprint density at radius 3 is 2.52 bits per heavy atom. The molecule has 0 aliphatic rings. The molecule has 0 aliphatic heterocycles. The van der Waals surface area contributed by atoms with E-state index in [0.29, 0.717) is 10.6 Å². The van der Waals surface area contributed by atoms with Crippen molar-refractivity contribution in [3.05, 3.63) is 69.5 Å². The molecule has 0 bridgehead atoms. The van der Waals surface area contributed by atoms with Crippen LogP contribution in [-0.2, 0) is 6.42 Å². The maximum atomic E-state index is 12.3. The molecule has 3 rings (SSSR count). The molecule has 2 amide bonds. The summed E-state index contributed by atoms with van der Waals surface area (Å²) in [6.07, 6.45) is 0.862. The summed E-state index contributed by atoms with van der Waals surface area (Å²) in [5.74, 6) is -1.09. The summed E-state index contributed by atoms with van der Waals surface area (Å²) < 4.78 is 0.909. The number of nitrogens with one attached hydrogen (secondary N) is 2. The molecule has 0 aliphatic carbocycles. The lowest BCUT2D eigenvalue weighted by Gasteiger charge is -2.09. The number of aromatic carboxylic acids is 1. The zero-order valence-corrected chi connectivity index (χ0v) is 16.9. The zero-order chi connectivity index (χ0) is 19.4. The molecule has 3 N–H and O–H groups in total. The van der Waals surface area contributed by atoms with Gasteiger partial charge >= 0.3 is 12.0 Å². The van der Waals surface area contributed by atoms with Gasteiger partial charge in [0.2, 0.25) is 0 Å². The highest BCUT2D eigenvalue weighted by Crippen LogP contribution is 2.36. The van der Waals surface area contributed by atoms with E-state index in [0.717, 1.165) is 22.0 Å². The van der Waals surface area contributed by atoms with E-state index < -0.39 is 12.0 Å². The molecule has 0 radical (unpaired) electrons. The van der Waals surface area contributed by atoms with E-state index in [1.54, 1.807) is 11.4 Å². The highest BCUT2D eigenvalue weighted by Gasteiger charge is 2.21. The summed E-state index contributed by atoms with van der Waals surface area (Å²) in [7, 11) is 0. The van der Waals surface area contributed by atoms with Crippen LogP contribution in [0.1, 0.15) is 22.8 Å². The lowest BCUT2D eigenvalue weighted by atomic mass is 10.1.